The van der Waals surface area contributed by atoms with Gasteiger partial charge in [-0.15, -0.1) is 0 Å². The molecule has 6 nitrogen and oxygen atoms in total. The summed E-state index contributed by atoms with van der Waals surface area (Å²) in [4.78, 5) is 4.42. The highest BCUT2D eigenvalue weighted by Crippen LogP contribution is 2.49. The molecule has 2 fully saturated rings. The van der Waals surface area contributed by atoms with Crippen molar-refractivity contribution in [1.29, 1.82) is 0 Å². The SMILES string of the molecule is O[C@@H]1C[C@@H](NCc2nc(-c3cccc(Cl)c3)no2)C12CCOCC2. The van der Waals surface area contributed by atoms with E-state index in [2.05, 4.69) is 15.5 Å². The van der Waals surface area contributed by atoms with E-state index in [0.717, 1.165) is 24.8 Å². The van der Waals surface area contributed by atoms with Crippen molar-refractivity contribution in [3.63, 3.8) is 0 Å². The lowest BCUT2D eigenvalue weighted by Gasteiger charge is -2.55. The molecular weight excluding hydrogens is 330 g/mol. The molecule has 0 amide bonds. The molecule has 1 saturated carbocycles. The van der Waals surface area contributed by atoms with E-state index in [9.17, 15) is 5.11 Å². The van der Waals surface area contributed by atoms with Gasteiger partial charge in [0.05, 0.1) is 12.6 Å². The van der Waals surface area contributed by atoms with Crippen LogP contribution in [0.25, 0.3) is 11.4 Å². The largest absolute Gasteiger partial charge is 0.392 e. The molecule has 1 aromatic carbocycles. The summed E-state index contributed by atoms with van der Waals surface area (Å²) in [6, 6.07) is 7.63. The smallest absolute Gasteiger partial charge is 0.240 e. The van der Waals surface area contributed by atoms with Crippen LogP contribution >= 0.6 is 11.6 Å². The minimum absolute atomic E-state index is 0.0615. The molecule has 0 bridgehead atoms. The molecule has 7 heteroatoms. The maximum atomic E-state index is 10.2. The monoisotopic (exact) mass is 349 g/mol. The summed E-state index contributed by atoms with van der Waals surface area (Å²) in [6.07, 6.45) is 2.30. The van der Waals surface area contributed by atoms with Crippen LogP contribution in [0, 0.1) is 5.41 Å². The first-order valence-electron chi connectivity index (χ1n) is 8.25. The highest BCUT2D eigenvalue weighted by Gasteiger charge is 2.54. The van der Waals surface area contributed by atoms with Crippen molar-refractivity contribution >= 4 is 11.6 Å². The fraction of sp³-hybridized carbons (Fsp3) is 0.529. The van der Waals surface area contributed by atoms with Crippen LogP contribution in [0.15, 0.2) is 28.8 Å². The second-order valence-corrected chi connectivity index (χ2v) is 6.99. The first-order chi connectivity index (χ1) is 11.7. The Labute approximate surface area is 145 Å². The van der Waals surface area contributed by atoms with Crippen molar-refractivity contribution in [3.8, 4) is 11.4 Å². The number of rotatable bonds is 4. The van der Waals surface area contributed by atoms with E-state index in [1.165, 1.54) is 0 Å². The number of nitrogens with one attached hydrogen (secondary N) is 1. The third-order valence-corrected chi connectivity index (χ3v) is 5.53. The molecular formula is C17H20ClN3O3. The van der Waals surface area contributed by atoms with Crippen LogP contribution < -0.4 is 5.32 Å². The summed E-state index contributed by atoms with van der Waals surface area (Å²) < 4.78 is 10.8. The van der Waals surface area contributed by atoms with Crippen LogP contribution in [-0.2, 0) is 11.3 Å². The Hall–Kier alpha value is -1.47. The minimum atomic E-state index is -0.247. The second kappa shape index (κ2) is 6.44. The van der Waals surface area contributed by atoms with Gasteiger partial charge in [-0.25, -0.2) is 0 Å². The molecule has 2 aliphatic rings. The Morgan fingerprint density at radius 3 is 2.92 bits per heavy atom. The van der Waals surface area contributed by atoms with Gasteiger partial charge in [0.1, 0.15) is 0 Å². The van der Waals surface area contributed by atoms with Gasteiger partial charge in [-0.2, -0.15) is 4.98 Å². The number of nitrogens with zero attached hydrogens (tertiary/aromatic N) is 2. The fourth-order valence-electron chi connectivity index (χ4n) is 3.77. The summed E-state index contributed by atoms with van der Waals surface area (Å²) in [5, 5.41) is 18.3. The van der Waals surface area contributed by atoms with Gasteiger partial charge in [0.15, 0.2) is 0 Å². The molecule has 0 unspecified atom stereocenters. The summed E-state index contributed by atoms with van der Waals surface area (Å²) in [5.74, 6) is 1.07. The van der Waals surface area contributed by atoms with Crippen LogP contribution in [-0.4, -0.2) is 40.6 Å². The average Bonchev–Trinajstić information content (AvgIpc) is 3.08. The molecule has 2 N–H and O–H groups in total. The molecule has 2 heterocycles. The topological polar surface area (TPSA) is 80.4 Å². The summed E-state index contributed by atoms with van der Waals surface area (Å²) >= 11 is 5.99. The maximum Gasteiger partial charge on any atom is 0.240 e. The van der Waals surface area contributed by atoms with Gasteiger partial charge in [0.25, 0.3) is 0 Å². The van der Waals surface area contributed by atoms with Crippen molar-refractivity contribution in [3.05, 3.63) is 35.2 Å². The first-order valence-corrected chi connectivity index (χ1v) is 8.63. The van der Waals surface area contributed by atoms with E-state index >= 15 is 0 Å². The molecule has 2 aromatic rings. The zero-order valence-electron chi connectivity index (χ0n) is 13.2. The number of hydrogen-bond donors (Lipinski definition) is 2. The highest BCUT2D eigenvalue weighted by atomic mass is 35.5. The van der Waals surface area contributed by atoms with E-state index in [1.54, 1.807) is 0 Å². The van der Waals surface area contributed by atoms with Crippen molar-refractivity contribution in [2.75, 3.05) is 13.2 Å². The lowest BCUT2D eigenvalue weighted by Crippen LogP contribution is -2.64. The third-order valence-electron chi connectivity index (χ3n) is 5.29. The Morgan fingerprint density at radius 1 is 1.33 bits per heavy atom. The number of aliphatic hydroxyl groups excluding tert-OH is 1. The number of ether oxygens (including phenoxy) is 1. The molecule has 4 rings (SSSR count). The van der Waals surface area contributed by atoms with Crippen molar-refractivity contribution in [2.24, 2.45) is 5.41 Å². The van der Waals surface area contributed by atoms with E-state index in [1.807, 2.05) is 24.3 Å². The standard InChI is InChI=1S/C17H20ClN3O3/c18-12-3-1-2-11(8-12)16-20-15(24-21-16)10-19-13-9-14(22)17(13)4-6-23-7-5-17/h1-3,8,13-14,19,22H,4-7,9-10H2/t13-,14-/m1/s1. The molecule has 1 aromatic heterocycles. The molecule has 1 aliphatic heterocycles. The zero-order valence-corrected chi connectivity index (χ0v) is 14.0. The average molecular weight is 350 g/mol. The zero-order chi connectivity index (χ0) is 16.6. The Kier molecular flexibility index (Phi) is 4.30. The van der Waals surface area contributed by atoms with Crippen molar-refractivity contribution in [1.82, 2.24) is 15.5 Å². The van der Waals surface area contributed by atoms with Gasteiger partial charge >= 0.3 is 0 Å². The summed E-state index contributed by atoms with van der Waals surface area (Å²) in [6.45, 7) is 1.93. The predicted octanol–water partition coefficient (Wildman–Crippen LogP) is 2.41. The minimum Gasteiger partial charge on any atom is -0.392 e. The van der Waals surface area contributed by atoms with Gasteiger partial charge in [-0.3, -0.25) is 0 Å². The van der Waals surface area contributed by atoms with Crippen molar-refractivity contribution < 1.29 is 14.4 Å². The van der Waals surface area contributed by atoms with Crippen LogP contribution in [0.4, 0.5) is 0 Å². The van der Waals surface area contributed by atoms with Gasteiger partial charge in [0.2, 0.25) is 11.7 Å². The highest BCUT2D eigenvalue weighted by molar-refractivity contribution is 6.30. The van der Waals surface area contributed by atoms with E-state index < -0.39 is 0 Å². The molecule has 1 saturated heterocycles. The predicted molar refractivity (Wildman–Crippen MR) is 88.5 cm³/mol. The fourth-order valence-corrected chi connectivity index (χ4v) is 3.96. The molecule has 1 aliphatic carbocycles. The molecule has 128 valence electrons. The Bertz CT molecular complexity index is 715. The molecule has 2 atom stereocenters. The maximum absolute atomic E-state index is 10.2. The van der Waals surface area contributed by atoms with E-state index in [4.69, 9.17) is 20.9 Å². The third kappa shape index (κ3) is 2.84. The number of halogens is 1. The lowest BCUT2D eigenvalue weighted by atomic mass is 9.58. The lowest BCUT2D eigenvalue weighted by molar-refractivity contribution is -0.149. The van der Waals surface area contributed by atoms with E-state index in [0.29, 0.717) is 36.5 Å². The first kappa shape index (κ1) is 16.0. The van der Waals surface area contributed by atoms with E-state index in [-0.39, 0.29) is 17.6 Å². The van der Waals surface area contributed by atoms with Gasteiger partial charge in [0, 0.05) is 35.3 Å². The number of benzene rings is 1. The molecule has 1 spiro atoms. The van der Waals surface area contributed by atoms with Crippen LogP contribution in [0.5, 0.6) is 0 Å². The number of aromatic nitrogens is 2. The summed E-state index contributed by atoms with van der Waals surface area (Å²) in [5.41, 5.74) is 0.770. The Morgan fingerprint density at radius 2 is 2.17 bits per heavy atom. The van der Waals surface area contributed by atoms with Gasteiger partial charge in [-0.05, 0) is 31.4 Å². The number of hydrogen-bond acceptors (Lipinski definition) is 6. The number of aliphatic hydroxyl groups is 1. The van der Waals surface area contributed by atoms with Crippen molar-refractivity contribution in [2.45, 2.75) is 38.0 Å². The Balaban J connectivity index is 1.40. The molecule has 24 heavy (non-hydrogen) atoms. The van der Waals surface area contributed by atoms with Gasteiger partial charge < -0.3 is 19.7 Å². The normalized spacial score (nSPS) is 25.6. The second-order valence-electron chi connectivity index (χ2n) is 6.55. The summed E-state index contributed by atoms with van der Waals surface area (Å²) in [7, 11) is 0. The quantitative estimate of drug-likeness (QED) is 0.882. The van der Waals surface area contributed by atoms with Crippen LogP contribution in [0.3, 0.4) is 0 Å². The van der Waals surface area contributed by atoms with Crippen LogP contribution in [0.2, 0.25) is 5.02 Å². The van der Waals surface area contributed by atoms with Gasteiger partial charge in [-0.1, -0.05) is 28.9 Å². The molecule has 0 radical (unpaired) electrons. The van der Waals surface area contributed by atoms with Crippen LogP contribution in [0.1, 0.15) is 25.2 Å².